The minimum Gasteiger partial charge on any atom is -1.00 e. The predicted molar refractivity (Wildman–Crippen MR) is 152 cm³/mol. The van der Waals surface area contributed by atoms with Crippen LogP contribution < -0.4 is 17.0 Å². The largest absolute Gasteiger partial charge is 2.00 e. The molecule has 0 spiro atoms. The number of hydrogen-bond donors (Lipinski definition) is 0. The number of fused-ring (bicyclic) bond motifs is 2. The Hall–Kier alpha value is -2.04. The first kappa shape index (κ1) is 29.2. The summed E-state index contributed by atoms with van der Waals surface area (Å²) in [6.45, 7) is 7.42. The van der Waals surface area contributed by atoms with E-state index < -0.39 is 0 Å². The topological polar surface area (TPSA) is 0 Å². The fraction of sp³-hybridized carbons (Fsp3) is 0.0938. The summed E-state index contributed by atoms with van der Waals surface area (Å²) in [4.78, 5) is 0. The summed E-state index contributed by atoms with van der Waals surface area (Å²) in [5.74, 6) is 0.607. The molecule has 0 saturated carbocycles. The molecular weight excluding hydrogens is 568 g/mol. The number of rotatable bonds is 3. The molecule has 0 bridgehead atoms. The maximum atomic E-state index is 3.78. The third-order valence-corrected chi connectivity index (χ3v) is 6.66. The summed E-state index contributed by atoms with van der Waals surface area (Å²) in [6.07, 6.45) is 8.32. The second kappa shape index (κ2) is 14.5. The van der Waals surface area contributed by atoms with Crippen LogP contribution in [0, 0.1) is 6.42 Å². The van der Waals surface area contributed by atoms with Gasteiger partial charge in [0.25, 0.3) is 0 Å². The molecule has 0 radical (unpaired) electrons. The molecule has 0 heterocycles. The molecule has 0 saturated heterocycles. The molecule has 0 amide bonds. The van der Waals surface area contributed by atoms with E-state index in [9.17, 15) is 0 Å². The van der Waals surface area contributed by atoms with E-state index in [1.54, 1.807) is 0 Å². The molecule has 35 heavy (non-hydrogen) atoms. The van der Waals surface area contributed by atoms with Crippen LogP contribution >= 0.6 is 15.9 Å². The Balaban J connectivity index is 0.000000195. The smallest absolute Gasteiger partial charge is 1.00 e. The van der Waals surface area contributed by atoms with Gasteiger partial charge in [-0.1, -0.05) is 108 Å². The molecule has 0 aromatic heterocycles. The van der Waals surface area contributed by atoms with Gasteiger partial charge in [0, 0.05) is 10.4 Å². The van der Waals surface area contributed by atoms with E-state index in [1.807, 2.05) is 36.4 Å². The first-order valence-electron chi connectivity index (χ1n) is 11.3. The maximum absolute atomic E-state index is 3.78. The third-order valence-electron chi connectivity index (χ3n) is 6.13. The standard InChI is InChI=1S/C16H14.C8H7Br.C8H7.BrH.Mg/c1-2-12-7-9-13(10-8-12)16-11-14-5-3-4-6-15(14)16;1-2-7-3-5-8(9)6-4-7;1-2-4-8-6-5-7(8)3-1;;/h2-10,16H,1,11H2;2-6H,1H2;1-5H,6H2;1H;/q;;-1;;+2/p-1. The summed E-state index contributed by atoms with van der Waals surface area (Å²) in [5, 5.41) is 0. The first-order chi connectivity index (χ1) is 16.2. The van der Waals surface area contributed by atoms with E-state index in [2.05, 4.69) is 108 Å². The van der Waals surface area contributed by atoms with Gasteiger partial charge in [-0.15, -0.1) is 18.6 Å². The number of hydrogen-bond acceptors (Lipinski definition) is 0. The van der Waals surface area contributed by atoms with E-state index in [0.717, 1.165) is 10.0 Å². The molecule has 0 N–H and O–H groups in total. The second-order valence-electron chi connectivity index (χ2n) is 8.19. The average Bonchev–Trinajstić information content (AvgIpc) is 2.83. The van der Waals surface area contributed by atoms with Gasteiger partial charge in [-0.25, -0.2) is 0 Å². The molecule has 4 aromatic carbocycles. The van der Waals surface area contributed by atoms with Crippen LogP contribution in [-0.4, -0.2) is 23.1 Å². The van der Waals surface area contributed by atoms with Gasteiger partial charge in [-0.05, 0) is 46.4 Å². The van der Waals surface area contributed by atoms with Crippen LogP contribution in [0.25, 0.3) is 12.2 Å². The molecule has 4 aromatic rings. The Labute approximate surface area is 245 Å². The van der Waals surface area contributed by atoms with Gasteiger partial charge >= 0.3 is 23.1 Å². The molecule has 6 rings (SSSR count). The van der Waals surface area contributed by atoms with Gasteiger partial charge in [-0.3, -0.25) is 0 Å². The SMILES string of the molecule is C=Cc1ccc(Br)cc1.C=Cc1ccc(C2Cc3ccccc32)cc1.[Br-].[Mg+2].c1ccc2c(c1)[CH-]C2. The Bertz CT molecular complexity index is 1200. The van der Waals surface area contributed by atoms with Crippen LogP contribution in [0.5, 0.6) is 0 Å². The normalized spacial score (nSPS) is 13.3. The van der Waals surface area contributed by atoms with Crippen LogP contribution in [0.4, 0.5) is 0 Å². The van der Waals surface area contributed by atoms with E-state index in [4.69, 9.17) is 0 Å². The van der Waals surface area contributed by atoms with Crippen LogP contribution in [0.1, 0.15) is 44.9 Å². The van der Waals surface area contributed by atoms with Crippen LogP contribution in [0.2, 0.25) is 0 Å². The third kappa shape index (κ3) is 7.72. The minimum atomic E-state index is 0. The number of halogens is 2. The Kier molecular flexibility index (Phi) is 12.1. The van der Waals surface area contributed by atoms with Crippen LogP contribution in [-0.2, 0) is 12.8 Å². The maximum Gasteiger partial charge on any atom is 2.00 e. The van der Waals surface area contributed by atoms with Gasteiger partial charge in [0.1, 0.15) is 0 Å². The number of benzene rings is 4. The van der Waals surface area contributed by atoms with Crippen molar-refractivity contribution in [3.8, 4) is 0 Å². The molecule has 1 unspecified atom stereocenters. The average molecular weight is 597 g/mol. The molecule has 0 aliphatic heterocycles. The Morgan fingerprint density at radius 1 is 0.714 bits per heavy atom. The molecule has 0 nitrogen and oxygen atoms in total. The van der Waals surface area contributed by atoms with Crippen molar-refractivity contribution in [1.29, 1.82) is 0 Å². The minimum absolute atomic E-state index is 0. The van der Waals surface area contributed by atoms with Crippen molar-refractivity contribution >= 4 is 51.1 Å². The quantitative estimate of drug-likeness (QED) is 0.216. The van der Waals surface area contributed by atoms with E-state index in [1.165, 1.54) is 46.2 Å². The molecular formula is C32H28Br2Mg. The summed E-state index contributed by atoms with van der Waals surface area (Å²) >= 11 is 3.34. The predicted octanol–water partition coefficient (Wildman–Crippen LogP) is 5.53. The zero-order chi connectivity index (χ0) is 23.0. The van der Waals surface area contributed by atoms with Crippen molar-refractivity contribution in [2.24, 2.45) is 0 Å². The molecule has 3 heteroatoms. The van der Waals surface area contributed by atoms with Gasteiger partial charge in [0.2, 0.25) is 0 Å². The van der Waals surface area contributed by atoms with Crippen molar-refractivity contribution in [3.05, 3.63) is 160 Å². The van der Waals surface area contributed by atoms with Crippen molar-refractivity contribution in [3.63, 3.8) is 0 Å². The van der Waals surface area contributed by atoms with Crippen LogP contribution in [0.3, 0.4) is 0 Å². The molecule has 172 valence electrons. The van der Waals surface area contributed by atoms with Crippen molar-refractivity contribution in [2.75, 3.05) is 0 Å². The molecule has 1 atom stereocenters. The van der Waals surface area contributed by atoms with Crippen molar-refractivity contribution < 1.29 is 17.0 Å². The van der Waals surface area contributed by atoms with Gasteiger partial charge in [0.15, 0.2) is 0 Å². The van der Waals surface area contributed by atoms with Crippen molar-refractivity contribution in [1.82, 2.24) is 0 Å². The monoisotopic (exact) mass is 594 g/mol. The van der Waals surface area contributed by atoms with Gasteiger partial charge in [-0.2, -0.15) is 23.6 Å². The Morgan fingerprint density at radius 2 is 1.26 bits per heavy atom. The second-order valence-corrected chi connectivity index (χ2v) is 9.10. The van der Waals surface area contributed by atoms with Crippen molar-refractivity contribution in [2.45, 2.75) is 18.8 Å². The van der Waals surface area contributed by atoms with Crippen LogP contribution in [0.15, 0.2) is 115 Å². The summed E-state index contributed by atoms with van der Waals surface area (Å²) in [6, 6.07) is 34.0. The van der Waals surface area contributed by atoms with E-state index in [-0.39, 0.29) is 40.0 Å². The van der Waals surface area contributed by atoms with E-state index in [0.29, 0.717) is 5.92 Å². The fourth-order valence-electron chi connectivity index (χ4n) is 4.03. The molecule has 2 aliphatic rings. The zero-order valence-electron chi connectivity index (χ0n) is 19.8. The first-order valence-corrected chi connectivity index (χ1v) is 12.1. The molecule has 2 aliphatic carbocycles. The fourth-order valence-corrected chi connectivity index (χ4v) is 4.29. The summed E-state index contributed by atoms with van der Waals surface area (Å²) < 4.78 is 1.10. The van der Waals surface area contributed by atoms with Gasteiger partial charge < -0.3 is 17.0 Å². The van der Waals surface area contributed by atoms with Gasteiger partial charge in [0.05, 0.1) is 0 Å². The summed E-state index contributed by atoms with van der Waals surface area (Å²) in [5.41, 5.74) is 9.67. The zero-order valence-corrected chi connectivity index (χ0v) is 24.4. The Morgan fingerprint density at radius 3 is 1.71 bits per heavy atom. The molecule has 0 fully saturated rings. The van der Waals surface area contributed by atoms with E-state index >= 15 is 0 Å². The summed E-state index contributed by atoms with van der Waals surface area (Å²) in [7, 11) is 0.